The van der Waals surface area contributed by atoms with Crippen molar-refractivity contribution in [2.45, 2.75) is 25.8 Å². The Labute approximate surface area is 132 Å². The molecule has 0 radical (unpaired) electrons. The van der Waals surface area contributed by atoms with Gasteiger partial charge in [-0.3, -0.25) is 4.90 Å². The molecule has 0 aromatic heterocycles. The molecule has 3 nitrogen and oxygen atoms in total. The van der Waals surface area contributed by atoms with Crippen molar-refractivity contribution in [3.8, 4) is 17.2 Å². The zero-order chi connectivity index (χ0) is 15.4. The minimum absolute atomic E-state index is 0.569. The quantitative estimate of drug-likeness (QED) is 0.802. The lowest BCUT2D eigenvalue weighted by Crippen LogP contribution is -2.22. The first-order chi connectivity index (χ1) is 10.8. The molecule has 1 heterocycles. The van der Waals surface area contributed by atoms with E-state index >= 15 is 0 Å². The SMILES string of the molecule is CCN1CCCC1c1ccc(Oc2ccc(OC)cc2)cc1. The van der Waals surface area contributed by atoms with Crippen LogP contribution in [0.15, 0.2) is 48.5 Å². The van der Waals surface area contributed by atoms with Gasteiger partial charge in [-0.15, -0.1) is 0 Å². The van der Waals surface area contributed by atoms with Crippen molar-refractivity contribution >= 4 is 0 Å². The van der Waals surface area contributed by atoms with E-state index in [2.05, 4.69) is 36.1 Å². The Morgan fingerprint density at radius 2 is 1.55 bits per heavy atom. The number of likely N-dealkylation sites (tertiary alicyclic amines) is 1. The van der Waals surface area contributed by atoms with Gasteiger partial charge in [0.1, 0.15) is 17.2 Å². The van der Waals surface area contributed by atoms with Crippen molar-refractivity contribution < 1.29 is 9.47 Å². The molecule has 2 aromatic rings. The Balaban J connectivity index is 1.68. The normalized spacial score (nSPS) is 18.4. The summed E-state index contributed by atoms with van der Waals surface area (Å²) in [5.41, 5.74) is 1.39. The van der Waals surface area contributed by atoms with Gasteiger partial charge in [0.25, 0.3) is 0 Å². The molecular formula is C19H23NO2. The summed E-state index contributed by atoms with van der Waals surface area (Å²) in [5, 5.41) is 0. The topological polar surface area (TPSA) is 21.7 Å². The third-order valence-electron chi connectivity index (χ3n) is 4.33. The van der Waals surface area contributed by atoms with Gasteiger partial charge in [0.05, 0.1) is 7.11 Å². The van der Waals surface area contributed by atoms with Gasteiger partial charge in [-0.2, -0.15) is 0 Å². The summed E-state index contributed by atoms with van der Waals surface area (Å²) in [6, 6.07) is 16.7. The highest BCUT2D eigenvalue weighted by Crippen LogP contribution is 2.33. The van der Waals surface area contributed by atoms with Crippen LogP contribution in [0.2, 0.25) is 0 Å². The van der Waals surface area contributed by atoms with E-state index in [0.717, 1.165) is 23.8 Å². The van der Waals surface area contributed by atoms with Crippen LogP contribution >= 0.6 is 0 Å². The first-order valence-corrected chi connectivity index (χ1v) is 7.96. The number of hydrogen-bond donors (Lipinski definition) is 0. The predicted molar refractivity (Wildman–Crippen MR) is 88.7 cm³/mol. The van der Waals surface area contributed by atoms with Gasteiger partial charge in [-0.05, 0) is 67.9 Å². The van der Waals surface area contributed by atoms with E-state index in [-0.39, 0.29) is 0 Å². The fraction of sp³-hybridized carbons (Fsp3) is 0.368. The van der Waals surface area contributed by atoms with Crippen molar-refractivity contribution in [3.05, 3.63) is 54.1 Å². The van der Waals surface area contributed by atoms with E-state index in [1.807, 2.05) is 24.3 Å². The fourth-order valence-electron chi connectivity index (χ4n) is 3.12. The first-order valence-electron chi connectivity index (χ1n) is 7.96. The second-order valence-electron chi connectivity index (χ2n) is 5.63. The lowest BCUT2D eigenvalue weighted by Gasteiger charge is -2.23. The molecule has 1 saturated heterocycles. The molecule has 1 aliphatic heterocycles. The van der Waals surface area contributed by atoms with Crippen molar-refractivity contribution in [1.29, 1.82) is 0 Å². The van der Waals surface area contributed by atoms with Gasteiger partial charge in [0, 0.05) is 6.04 Å². The van der Waals surface area contributed by atoms with Crippen LogP contribution in [0.25, 0.3) is 0 Å². The van der Waals surface area contributed by atoms with E-state index in [4.69, 9.17) is 9.47 Å². The second-order valence-corrected chi connectivity index (χ2v) is 5.63. The lowest BCUT2D eigenvalue weighted by molar-refractivity contribution is 0.271. The third kappa shape index (κ3) is 3.25. The minimum Gasteiger partial charge on any atom is -0.497 e. The molecule has 1 fully saturated rings. The van der Waals surface area contributed by atoms with Gasteiger partial charge in [0.2, 0.25) is 0 Å². The summed E-state index contributed by atoms with van der Waals surface area (Å²) in [5.74, 6) is 2.53. The fourth-order valence-corrected chi connectivity index (χ4v) is 3.12. The van der Waals surface area contributed by atoms with Gasteiger partial charge in [0.15, 0.2) is 0 Å². The third-order valence-corrected chi connectivity index (χ3v) is 4.33. The molecule has 22 heavy (non-hydrogen) atoms. The molecule has 3 heteroatoms. The number of benzene rings is 2. The molecule has 0 amide bonds. The highest BCUT2D eigenvalue weighted by Gasteiger charge is 2.24. The summed E-state index contributed by atoms with van der Waals surface area (Å²) in [6.45, 7) is 4.57. The Hall–Kier alpha value is -2.00. The highest BCUT2D eigenvalue weighted by molar-refractivity contribution is 5.36. The Bertz CT molecular complexity index is 592. The lowest BCUT2D eigenvalue weighted by atomic mass is 10.0. The van der Waals surface area contributed by atoms with Crippen molar-refractivity contribution in [3.63, 3.8) is 0 Å². The summed E-state index contributed by atoms with van der Waals surface area (Å²) in [4.78, 5) is 2.54. The summed E-state index contributed by atoms with van der Waals surface area (Å²) < 4.78 is 11.0. The van der Waals surface area contributed by atoms with Crippen LogP contribution in [0.1, 0.15) is 31.4 Å². The highest BCUT2D eigenvalue weighted by atomic mass is 16.5. The molecule has 0 N–H and O–H groups in total. The summed E-state index contributed by atoms with van der Waals surface area (Å²) in [7, 11) is 1.66. The van der Waals surface area contributed by atoms with Crippen LogP contribution < -0.4 is 9.47 Å². The minimum atomic E-state index is 0.569. The molecule has 1 unspecified atom stereocenters. The Kier molecular flexibility index (Phi) is 4.64. The molecule has 1 aliphatic rings. The van der Waals surface area contributed by atoms with Gasteiger partial charge in [-0.25, -0.2) is 0 Å². The van der Waals surface area contributed by atoms with Gasteiger partial charge < -0.3 is 9.47 Å². The van der Waals surface area contributed by atoms with E-state index < -0.39 is 0 Å². The van der Waals surface area contributed by atoms with Crippen LogP contribution in [0.3, 0.4) is 0 Å². The summed E-state index contributed by atoms with van der Waals surface area (Å²) >= 11 is 0. The average molecular weight is 297 g/mol. The molecule has 0 saturated carbocycles. The van der Waals surface area contributed by atoms with Crippen molar-refractivity contribution in [2.24, 2.45) is 0 Å². The number of hydrogen-bond acceptors (Lipinski definition) is 3. The number of nitrogens with zero attached hydrogens (tertiary/aromatic N) is 1. The Morgan fingerprint density at radius 3 is 2.14 bits per heavy atom. The maximum Gasteiger partial charge on any atom is 0.127 e. The zero-order valence-corrected chi connectivity index (χ0v) is 13.3. The monoisotopic (exact) mass is 297 g/mol. The molecule has 3 rings (SSSR count). The smallest absolute Gasteiger partial charge is 0.127 e. The van der Waals surface area contributed by atoms with Crippen LogP contribution in [0.5, 0.6) is 17.2 Å². The average Bonchev–Trinajstić information content (AvgIpc) is 3.05. The van der Waals surface area contributed by atoms with Crippen molar-refractivity contribution in [1.82, 2.24) is 4.90 Å². The maximum atomic E-state index is 5.88. The van der Waals surface area contributed by atoms with Gasteiger partial charge >= 0.3 is 0 Å². The number of methoxy groups -OCH3 is 1. The first kappa shape index (κ1) is 14.9. The van der Waals surface area contributed by atoms with E-state index in [1.165, 1.54) is 24.9 Å². The molecule has 0 bridgehead atoms. The zero-order valence-electron chi connectivity index (χ0n) is 13.3. The van der Waals surface area contributed by atoms with Crippen LogP contribution in [-0.4, -0.2) is 25.1 Å². The van der Waals surface area contributed by atoms with E-state index in [9.17, 15) is 0 Å². The number of ether oxygens (including phenoxy) is 2. The van der Waals surface area contributed by atoms with E-state index in [1.54, 1.807) is 7.11 Å². The second kappa shape index (κ2) is 6.84. The van der Waals surface area contributed by atoms with Crippen LogP contribution in [0, 0.1) is 0 Å². The van der Waals surface area contributed by atoms with Crippen molar-refractivity contribution in [2.75, 3.05) is 20.2 Å². The van der Waals surface area contributed by atoms with Crippen LogP contribution in [-0.2, 0) is 0 Å². The summed E-state index contributed by atoms with van der Waals surface area (Å²) in [6.07, 6.45) is 2.55. The van der Waals surface area contributed by atoms with Crippen LogP contribution in [0.4, 0.5) is 0 Å². The molecular weight excluding hydrogens is 274 g/mol. The molecule has 116 valence electrons. The predicted octanol–water partition coefficient (Wildman–Crippen LogP) is 4.64. The van der Waals surface area contributed by atoms with E-state index in [0.29, 0.717) is 6.04 Å². The standard InChI is InChI=1S/C19H23NO2/c1-3-20-14-4-5-19(20)15-6-8-17(9-7-15)22-18-12-10-16(21-2)11-13-18/h6-13,19H,3-5,14H2,1-2H3. The largest absolute Gasteiger partial charge is 0.497 e. The maximum absolute atomic E-state index is 5.88. The number of rotatable bonds is 5. The molecule has 0 spiro atoms. The molecule has 1 atom stereocenters. The molecule has 2 aromatic carbocycles. The van der Waals surface area contributed by atoms with Gasteiger partial charge in [-0.1, -0.05) is 19.1 Å². The Morgan fingerprint density at radius 1 is 0.955 bits per heavy atom. The molecule has 0 aliphatic carbocycles.